The smallest absolute Gasteiger partial charge is 0.222 e. The highest BCUT2D eigenvalue weighted by atomic mass is 15.3. The fraction of sp³-hybridized carbons (Fsp3) is 0.583. The lowest BCUT2D eigenvalue weighted by Crippen LogP contribution is -2.44. The van der Waals surface area contributed by atoms with Crippen molar-refractivity contribution in [3.8, 4) is 0 Å². The van der Waals surface area contributed by atoms with Gasteiger partial charge in [-0.3, -0.25) is 0 Å². The van der Waals surface area contributed by atoms with E-state index < -0.39 is 5.66 Å². The number of rotatable bonds is 5. The first-order chi connectivity index (χ1) is 9.50. The van der Waals surface area contributed by atoms with E-state index in [0.717, 1.165) is 19.4 Å². The minimum atomic E-state index is -0.959. The number of nitrogens with zero attached hydrogens (tertiary/aromatic N) is 3. The Kier molecular flexibility index (Phi) is 3.93. The third-order valence-corrected chi connectivity index (χ3v) is 3.08. The molecular formula is C12H22N8. The third kappa shape index (κ3) is 2.60. The average Bonchev–Trinajstić information content (AvgIpc) is 2.37. The van der Waals surface area contributed by atoms with Crippen molar-refractivity contribution in [3.63, 3.8) is 0 Å². The maximum absolute atomic E-state index is 6.36. The maximum atomic E-state index is 6.36. The molecule has 8 N–H and O–H groups in total. The third-order valence-electron chi connectivity index (χ3n) is 3.08. The molecule has 8 nitrogen and oxygen atoms in total. The van der Waals surface area contributed by atoms with E-state index in [-0.39, 0.29) is 11.9 Å². The summed E-state index contributed by atoms with van der Waals surface area (Å²) >= 11 is 0. The van der Waals surface area contributed by atoms with Crippen LogP contribution in [-0.4, -0.2) is 22.5 Å². The first-order valence-corrected chi connectivity index (χ1v) is 6.83. The summed E-state index contributed by atoms with van der Waals surface area (Å²) in [7, 11) is 0. The van der Waals surface area contributed by atoms with Crippen LogP contribution in [0, 0.1) is 0 Å². The quantitative estimate of drug-likeness (QED) is 0.529. The Morgan fingerprint density at radius 1 is 1.20 bits per heavy atom. The first kappa shape index (κ1) is 14.3. The highest BCUT2D eigenvalue weighted by Gasteiger charge is 2.36. The Balaban J connectivity index is 2.51. The molecular weight excluding hydrogens is 256 g/mol. The number of fused-ring (bicyclic) bond motifs is 1. The van der Waals surface area contributed by atoms with Gasteiger partial charge in [0, 0.05) is 6.54 Å². The van der Waals surface area contributed by atoms with Gasteiger partial charge in [-0.05, 0) is 12.8 Å². The summed E-state index contributed by atoms with van der Waals surface area (Å²) < 4.78 is 0. The Hall–Kier alpha value is -2.09. The van der Waals surface area contributed by atoms with Crippen molar-refractivity contribution < 1.29 is 0 Å². The zero-order valence-electron chi connectivity index (χ0n) is 11.9. The second-order valence-corrected chi connectivity index (χ2v) is 4.88. The number of nitrogens with one attached hydrogen (secondary N) is 2. The summed E-state index contributed by atoms with van der Waals surface area (Å²) in [4.78, 5) is 12.8. The SMILES string of the molecule is CCCNc1nc(N)nc2c1NC(N)=NC2(N)CCC. The molecule has 110 valence electrons. The lowest BCUT2D eigenvalue weighted by atomic mass is 9.98. The Morgan fingerprint density at radius 3 is 2.60 bits per heavy atom. The molecule has 1 aromatic rings. The molecule has 0 amide bonds. The largest absolute Gasteiger partial charge is 0.370 e. The maximum Gasteiger partial charge on any atom is 0.222 e. The van der Waals surface area contributed by atoms with Crippen LogP contribution in [0.3, 0.4) is 0 Å². The van der Waals surface area contributed by atoms with Gasteiger partial charge >= 0.3 is 0 Å². The molecule has 0 fully saturated rings. The van der Waals surface area contributed by atoms with Crippen molar-refractivity contribution in [3.05, 3.63) is 5.69 Å². The van der Waals surface area contributed by atoms with Crippen molar-refractivity contribution in [1.82, 2.24) is 9.97 Å². The second kappa shape index (κ2) is 5.49. The Labute approximate surface area is 118 Å². The predicted octanol–water partition coefficient (Wildman–Crippen LogP) is 0.533. The summed E-state index contributed by atoms with van der Waals surface area (Å²) in [6.07, 6.45) is 2.45. The average molecular weight is 278 g/mol. The molecule has 1 aromatic heterocycles. The van der Waals surface area contributed by atoms with Crippen LogP contribution in [-0.2, 0) is 5.66 Å². The van der Waals surface area contributed by atoms with Crippen LogP contribution in [0.1, 0.15) is 38.8 Å². The van der Waals surface area contributed by atoms with Crippen molar-refractivity contribution in [2.24, 2.45) is 16.5 Å². The van der Waals surface area contributed by atoms with Gasteiger partial charge in [-0.2, -0.15) is 4.98 Å². The van der Waals surface area contributed by atoms with Gasteiger partial charge in [-0.15, -0.1) is 0 Å². The molecule has 0 spiro atoms. The number of anilines is 3. The molecule has 8 heteroatoms. The van der Waals surface area contributed by atoms with Gasteiger partial charge < -0.3 is 27.8 Å². The van der Waals surface area contributed by atoms with Crippen LogP contribution < -0.4 is 27.8 Å². The number of hydrogen-bond donors (Lipinski definition) is 5. The zero-order valence-corrected chi connectivity index (χ0v) is 11.9. The molecule has 0 bridgehead atoms. The van der Waals surface area contributed by atoms with Crippen LogP contribution in [0.2, 0.25) is 0 Å². The van der Waals surface area contributed by atoms with Crippen molar-refractivity contribution >= 4 is 23.4 Å². The molecule has 1 aliphatic heterocycles. The van der Waals surface area contributed by atoms with E-state index in [1.54, 1.807) is 0 Å². The van der Waals surface area contributed by atoms with Gasteiger partial charge in [-0.1, -0.05) is 20.3 Å². The topological polar surface area (TPSA) is 140 Å². The monoisotopic (exact) mass is 278 g/mol. The minimum absolute atomic E-state index is 0.172. The highest BCUT2D eigenvalue weighted by molar-refractivity contribution is 5.98. The van der Waals surface area contributed by atoms with Crippen LogP contribution >= 0.6 is 0 Å². The van der Waals surface area contributed by atoms with E-state index in [4.69, 9.17) is 17.2 Å². The van der Waals surface area contributed by atoms with Gasteiger partial charge in [0.1, 0.15) is 11.4 Å². The van der Waals surface area contributed by atoms with Crippen LogP contribution in [0.25, 0.3) is 0 Å². The molecule has 2 heterocycles. The lowest BCUT2D eigenvalue weighted by molar-refractivity contribution is 0.410. The van der Waals surface area contributed by atoms with E-state index in [9.17, 15) is 0 Å². The Morgan fingerprint density at radius 2 is 1.95 bits per heavy atom. The fourth-order valence-corrected chi connectivity index (χ4v) is 2.26. The molecule has 0 aliphatic carbocycles. The summed E-state index contributed by atoms with van der Waals surface area (Å²) in [5.74, 6) is 1.05. The van der Waals surface area contributed by atoms with Crippen LogP contribution in [0.5, 0.6) is 0 Å². The molecule has 0 radical (unpaired) electrons. The summed E-state index contributed by atoms with van der Waals surface area (Å²) in [5.41, 5.74) is 18.3. The number of hydrogen-bond acceptors (Lipinski definition) is 8. The molecule has 1 unspecified atom stereocenters. The fourth-order valence-electron chi connectivity index (χ4n) is 2.26. The molecule has 2 rings (SSSR count). The number of guanidine groups is 1. The number of aliphatic imine (C=N–C) groups is 1. The standard InChI is InChI=1S/C12H22N8/c1-3-5-12(15)8-7(17-11(14)20-12)9(16-6-4-2)19-10(13)18-8/h3-6,15H2,1-2H3,(H3,14,17,20)(H3,13,16,18,19). The summed E-state index contributed by atoms with van der Waals surface area (Å²) in [6, 6.07) is 0. The van der Waals surface area contributed by atoms with Gasteiger partial charge in [0.05, 0.1) is 0 Å². The van der Waals surface area contributed by atoms with Gasteiger partial charge in [0.15, 0.2) is 17.4 Å². The van der Waals surface area contributed by atoms with Crippen molar-refractivity contribution in [1.29, 1.82) is 0 Å². The molecule has 0 saturated carbocycles. The first-order valence-electron chi connectivity index (χ1n) is 6.83. The van der Waals surface area contributed by atoms with E-state index in [2.05, 4.69) is 32.5 Å². The molecule has 1 atom stereocenters. The number of nitrogen functional groups attached to an aromatic ring is 1. The van der Waals surface area contributed by atoms with Gasteiger partial charge in [0.2, 0.25) is 5.95 Å². The van der Waals surface area contributed by atoms with Crippen LogP contribution in [0.15, 0.2) is 4.99 Å². The molecule has 0 saturated heterocycles. The van der Waals surface area contributed by atoms with Crippen molar-refractivity contribution in [2.75, 3.05) is 22.9 Å². The highest BCUT2D eigenvalue weighted by Crippen LogP contribution is 2.37. The van der Waals surface area contributed by atoms with E-state index in [1.807, 2.05) is 6.92 Å². The van der Waals surface area contributed by atoms with E-state index in [0.29, 0.717) is 23.6 Å². The summed E-state index contributed by atoms with van der Waals surface area (Å²) in [6.45, 7) is 4.87. The zero-order chi connectivity index (χ0) is 14.8. The molecule has 1 aliphatic rings. The van der Waals surface area contributed by atoms with Crippen molar-refractivity contribution in [2.45, 2.75) is 38.8 Å². The lowest BCUT2D eigenvalue weighted by Gasteiger charge is -2.32. The van der Waals surface area contributed by atoms with Crippen LogP contribution in [0.4, 0.5) is 17.5 Å². The minimum Gasteiger partial charge on any atom is -0.370 e. The van der Waals surface area contributed by atoms with E-state index >= 15 is 0 Å². The number of nitrogens with two attached hydrogens (primary N) is 3. The van der Waals surface area contributed by atoms with Gasteiger partial charge in [0.25, 0.3) is 0 Å². The molecule has 20 heavy (non-hydrogen) atoms. The molecule has 0 aromatic carbocycles. The Bertz CT molecular complexity index is 526. The number of aromatic nitrogens is 2. The van der Waals surface area contributed by atoms with Gasteiger partial charge in [-0.25, -0.2) is 9.98 Å². The normalized spacial score (nSPS) is 20.9. The predicted molar refractivity (Wildman–Crippen MR) is 81.2 cm³/mol. The summed E-state index contributed by atoms with van der Waals surface area (Å²) in [5, 5.41) is 6.19. The second-order valence-electron chi connectivity index (χ2n) is 4.88. The van der Waals surface area contributed by atoms with E-state index in [1.165, 1.54) is 0 Å².